The quantitative estimate of drug-likeness (QED) is 0.256. The minimum atomic E-state index is -1.50. The van der Waals surface area contributed by atoms with Crippen LogP contribution in [0.1, 0.15) is 41.5 Å². The van der Waals surface area contributed by atoms with Gasteiger partial charge in [0.15, 0.2) is 0 Å². The molecule has 0 bridgehead atoms. The van der Waals surface area contributed by atoms with Crippen LogP contribution in [0.15, 0.2) is 109 Å². The van der Waals surface area contributed by atoms with Crippen LogP contribution in [-0.4, -0.2) is 41.1 Å². The van der Waals surface area contributed by atoms with Crippen molar-refractivity contribution >= 4 is 18.0 Å². The van der Waals surface area contributed by atoms with E-state index in [9.17, 15) is 19.5 Å². The summed E-state index contributed by atoms with van der Waals surface area (Å²) in [6, 6.07) is 34.4. The van der Waals surface area contributed by atoms with Crippen molar-refractivity contribution in [3.63, 3.8) is 0 Å². The van der Waals surface area contributed by atoms with Gasteiger partial charge in [0.1, 0.15) is 12.1 Å². The summed E-state index contributed by atoms with van der Waals surface area (Å²) < 4.78 is 5.79. The molecule has 208 valence electrons. The summed E-state index contributed by atoms with van der Waals surface area (Å²) in [4.78, 5) is 40.4. The first-order valence-corrected chi connectivity index (χ1v) is 13.6. The van der Waals surface area contributed by atoms with Crippen molar-refractivity contribution in [2.24, 2.45) is 0 Å². The molecule has 0 saturated heterocycles. The van der Waals surface area contributed by atoms with E-state index in [4.69, 9.17) is 4.74 Å². The van der Waals surface area contributed by atoms with Gasteiger partial charge in [0.25, 0.3) is 5.91 Å². The molecule has 1 aliphatic rings. The Morgan fingerprint density at radius 3 is 1.93 bits per heavy atom. The molecule has 0 aromatic heterocycles. The fourth-order valence-electron chi connectivity index (χ4n) is 5.46. The van der Waals surface area contributed by atoms with Crippen LogP contribution in [0, 0.1) is 0 Å². The zero-order chi connectivity index (χ0) is 28.8. The molecule has 5 rings (SSSR count). The Bertz CT molecular complexity index is 1490. The Balaban J connectivity index is 1.39. The minimum absolute atomic E-state index is 0.0160. The Labute approximate surface area is 239 Å². The second-order valence-corrected chi connectivity index (χ2v) is 10.3. The summed E-state index contributed by atoms with van der Waals surface area (Å²) in [5.74, 6) is -1.57. The molecule has 4 aromatic rings. The van der Waals surface area contributed by atoms with Gasteiger partial charge in [-0.05, 0) is 40.3 Å². The highest BCUT2D eigenvalue weighted by atomic mass is 16.5. The number of carboxylic acids is 1. The lowest BCUT2D eigenvalue weighted by molar-refractivity contribution is -0.141. The van der Waals surface area contributed by atoms with E-state index in [0.717, 1.165) is 27.8 Å². The number of alkyl carbamates (subject to hydrolysis) is 1. The normalized spacial score (nSPS) is 13.4. The number of fused-ring (bicyclic) bond motifs is 3. The number of aliphatic carboxylic acids is 1. The van der Waals surface area contributed by atoms with Crippen molar-refractivity contribution in [1.29, 1.82) is 0 Å². The van der Waals surface area contributed by atoms with Crippen LogP contribution in [-0.2, 0) is 26.4 Å². The van der Waals surface area contributed by atoms with Crippen molar-refractivity contribution in [3.05, 3.63) is 131 Å². The number of carbonyl (C=O) groups excluding carboxylic acids is 2. The van der Waals surface area contributed by atoms with Gasteiger partial charge in [-0.25, -0.2) is 4.79 Å². The molecule has 0 fully saturated rings. The van der Waals surface area contributed by atoms with Crippen molar-refractivity contribution < 1.29 is 24.2 Å². The molecule has 0 aliphatic heterocycles. The number of nitrogens with one attached hydrogen (secondary N) is 1. The fraction of sp³-hybridized carbons (Fsp3) is 0.206. The summed E-state index contributed by atoms with van der Waals surface area (Å²) in [5.41, 5.74) is 4.33. The third-order valence-corrected chi connectivity index (χ3v) is 7.57. The van der Waals surface area contributed by atoms with Crippen LogP contribution < -0.4 is 5.32 Å². The van der Waals surface area contributed by atoms with E-state index in [1.54, 1.807) is 31.2 Å². The summed E-state index contributed by atoms with van der Waals surface area (Å²) in [6.07, 6.45) is -0.960. The first-order valence-electron chi connectivity index (χ1n) is 13.6. The second-order valence-electron chi connectivity index (χ2n) is 10.3. The Hall–Kier alpha value is -4.91. The van der Waals surface area contributed by atoms with Gasteiger partial charge in [-0.15, -0.1) is 0 Å². The molecule has 41 heavy (non-hydrogen) atoms. The standard InChI is InChI=1S/C34H32N2O5/c1-34(25-14-6-3-7-15-25,32(39)36(21-20-31(37)38)22-24-12-4-2-5-13-24)35-33(40)41-23-30-28-18-10-8-16-26(28)27-17-9-11-19-29(27)30/h2-19,30H,20-23H2,1H3,(H,35,40)(H,37,38). The number of ether oxygens (including phenoxy) is 1. The summed E-state index contributed by atoms with van der Waals surface area (Å²) in [6.45, 7) is 1.91. The summed E-state index contributed by atoms with van der Waals surface area (Å²) in [7, 11) is 0. The van der Waals surface area contributed by atoms with E-state index in [1.165, 1.54) is 4.90 Å². The van der Waals surface area contributed by atoms with Crippen molar-refractivity contribution in [2.45, 2.75) is 31.3 Å². The van der Waals surface area contributed by atoms with Crippen LogP contribution >= 0.6 is 0 Å². The first kappa shape index (κ1) is 27.6. The molecule has 7 heteroatoms. The van der Waals surface area contributed by atoms with Gasteiger partial charge in [0.05, 0.1) is 6.42 Å². The number of benzene rings is 4. The smallest absolute Gasteiger partial charge is 0.408 e. The van der Waals surface area contributed by atoms with Gasteiger partial charge < -0.3 is 20.1 Å². The Morgan fingerprint density at radius 2 is 1.34 bits per heavy atom. The van der Waals surface area contributed by atoms with Crippen LogP contribution in [0.5, 0.6) is 0 Å². The van der Waals surface area contributed by atoms with Gasteiger partial charge in [-0.1, -0.05) is 109 Å². The number of hydrogen-bond acceptors (Lipinski definition) is 4. The van der Waals surface area contributed by atoms with Crippen LogP contribution in [0.3, 0.4) is 0 Å². The average molecular weight is 549 g/mol. The molecule has 1 aliphatic carbocycles. The monoisotopic (exact) mass is 548 g/mol. The highest BCUT2D eigenvalue weighted by molar-refractivity contribution is 5.91. The summed E-state index contributed by atoms with van der Waals surface area (Å²) >= 11 is 0. The first-order chi connectivity index (χ1) is 19.9. The highest BCUT2D eigenvalue weighted by Gasteiger charge is 2.41. The largest absolute Gasteiger partial charge is 0.481 e. The van der Waals surface area contributed by atoms with Crippen molar-refractivity contribution in [1.82, 2.24) is 10.2 Å². The Morgan fingerprint density at radius 1 is 0.805 bits per heavy atom. The van der Waals surface area contributed by atoms with Crippen LogP contribution in [0.2, 0.25) is 0 Å². The van der Waals surface area contributed by atoms with Gasteiger partial charge in [0.2, 0.25) is 0 Å². The lowest BCUT2D eigenvalue weighted by atomic mass is 9.90. The van der Waals surface area contributed by atoms with E-state index in [2.05, 4.69) is 17.4 Å². The molecule has 0 radical (unpaired) electrons. The third-order valence-electron chi connectivity index (χ3n) is 7.57. The summed E-state index contributed by atoms with van der Waals surface area (Å²) in [5, 5.41) is 12.2. The number of amides is 2. The minimum Gasteiger partial charge on any atom is -0.481 e. The highest BCUT2D eigenvalue weighted by Crippen LogP contribution is 2.44. The Kier molecular flexibility index (Phi) is 8.15. The van der Waals surface area contributed by atoms with Crippen molar-refractivity contribution in [2.75, 3.05) is 13.2 Å². The SMILES string of the molecule is CC(NC(=O)OCC1c2ccccc2-c2ccccc21)(C(=O)N(CCC(=O)O)Cc1ccccc1)c1ccccc1. The maximum absolute atomic E-state index is 14.2. The maximum atomic E-state index is 14.2. The third kappa shape index (κ3) is 5.99. The number of carbonyl (C=O) groups is 3. The maximum Gasteiger partial charge on any atom is 0.408 e. The molecule has 0 spiro atoms. The predicted octanol–water partition coefficient (Wildman–Crippen LogP) is 5.94. The lowest BCUT2D eigenvalue weighted by Gasteiger charge is -2.35. The molecule has 7 nitrogen and oxygen atoms in total. The van der Waals surface area contributed by atoms with Gasteiger partial charge in [-0.3, -0.25) is 9.59 Å². The zero-order valence-corrected chi connectivity index (χ0v) is 22.8. The van der Waals surface area contributed by atoms with E-state index >= 15 is 0 Å². The molecule has 1 unspecified atom stereocenters. The van der Waals surface area contributed by atoms with E-state index in [-0.39, 0.29) is 32.0 Å². The molecule has 2 amide bonds. The second kappa shape index (κ2) is 12.1. The molecule has 4 aromatic carbocycles. The molecular formula is C34H32N2O5. The van der Waals surface area contributed by atoms with Gasteiger partial charge in [-0.2, -0.15) is 0 Å². The average Bonchev–Trinajstić information content (AvgIpc) is 3.32. The van der Waals surface area contributed by atoms with Gasteiger partial charge in [0, 0.05) is 19.0 Å². The van der Waals surface area contributed by atoms with Crippen LogP contribution in [0.25, 0.3) is 11.1 Å². The number of hydrogen-bond donors (Lipinski definition) is 2. The van der Waals surface area contributed by atoms with Crippen LogP contribution in [0.4, 0.5) is 4.79 Å². The molecule has 0 heterocycles. The van der Waals surface area contributed by atoms with Gasteiger partial charge >= 0.3 is 12.1 Å². The lowest BCUT2D eigenvalue weighted by Crippen LogP contribution is -2.56. The fourth-order valence-corrected chi connectivity index (χ4v) is 5.46. The molecule has 2 N–H and O–H groups in total. The number of rotatable bonds is 10. The topological polar surface area (TPSA) is 95.9 Å². The molecular weight excluding hydrogens is 516 g/mol. The number of nitrogens with zero attached hydrogens (tertiary/aromatic N) is 1. The molecule has 0 saturated carbocycles. The zero-order valence-electron chi connectivity index (χ0n) is 22.8. The number of carboxylic acid groups (broad SMARTS) is 1. The van der Waals surface area contributed by atoms with E-state index < -0.39 is 23.5 Å². The van der Waals surface area contributed by atoms with E-state index in [1.807, 2.05) is 72.8 Å². The van der Waals surface area contributed by atoms with E-state index in [0.29, 0.717) is 5.56 Å². The van der Waals surface area contributed by atoms with Crippen molar-refractivity contribution in [3.8, 4) is 11.1 Å². The molecule has 1 atom stereocenters. The predicted molar refractivity (Wildman–Crippen MR) is 156 cm³/mol.